The Morgan fingerprint density at radius 1 is 1.17 bits per heavy atom. The molecule has 0 spiro atoms. The molecule has 1 atom stereocenters. The lowest BCUT2D eigenvalue weighted by Crippen LogP contribution is -2.37. The number of nitrogens with one attached hydrogen (secondary N) is 2. The summed E-state index contributed by atoms with van der Waals surface area (Å²) < 4.78 is 0. The molecule has 3 N–H and O–H groups in total. The lowest BCUT2D eigenvalue weighted by atomic mass is 10.1. The van der Waals surface area contributed by atoms with Crippen molar-refractivity contribution in [3.05, 3.63) is 59.4 Å². The Hall–Kier alpha value is -2.82. The van der Waals surface area contributed by atoms with Gasteiger partial charge >= 0.3 is 17.8 Å². The van der Waals surface area contributed by atoms with Gasteiger partial charge < -0.3 is 15.7 Å². The number of benzene rings is 1. The molecule has 2 amide bonds. The molecule has 0 aliphatic heterocycles. The van der Waals surface area contributed by atoms with Gasteiger partial charge in [-0.05, 0) is 42.0 Å². The third-order valence-corrected chi connectivity index (χ3v) is 3.45. The Bertz CT molecular complexity index is 731. The molecule has 118 valence electrons. The van der Waals surface area contributed by atoms with E-state index in [1.807, 2.05) is 0 Å². The summed E-state index contributed by atoms with van der Waals surface area (Å²) in [5, 5.41) is 13.3. The quantitative estimate of drug-likeness (QED) is 0.444. The number of carboxylic acid groups (broad SMARTS) is 1. The van der Waals surface area contributed by atoms with E-state index in [0.29, 0.717) is 5.69 Å². The minimum absolute atomic E-state index is 0.0888. The topological polar surface area (TPSA) is 95.5 Å². The average molecular weight is 333 g/mol. The molecule has 0 fully saturated rings. The van der Waals surface area contributed by atoms with E-state index in [4.69, 9.17) is 16.7 Å². The van der Waals surface area contributed by atoms with Gasteiger partial charge in [-0.15, -0.1) is 17.3 Å². The van der Waals surface area contributed by atoms with E-state index in [9.17, 15) is 14.4 Å². The maximum absolute atomic E-state index is 11.8. The molecule has 7 heteroatoms. The molecule has 1 unspecified atom stereocenters. The summed E-state index contributed by atoms with van der Waals surface area (Å²) in [4.78, 5) is 34.2. The summed E-state index contributed by atoms with van der Waals surface area (Å²) in [7, 11) is 0. The van der Waals surface area contributed by atoms with Crippen LogP contribution in [0.5, 0.6) is 0 Å². The zero-order valence-electron chi connectivity index (χ0n) is 11.9. The Balaban J connectivity index is 1.87. The van der Waals surface area contributed by atoms with Crippen LogP contribution in [0.4, 0.5) is 5.69 Å². The van der Waals surface area contributed by atoms with E-state index in [-0.39, 0.29) is 17.5 Å². The standard InChI is InChI=1S/C16H13ClN2O4/c17-13-4-2-1-3-11(13)9-18-14(20)15(21)19-12-7-5-10(6-8-12)16(22)23/h1,3-8,13H,9H2,(H,18,20)(H,19,21)(H,22,23). The Morgan fingerprint density at radius 2 is 1.87 bits per heavy atom. The lowest BCUT2D eigenvalue weighted by molar-refractivity contribution is -0.136. The highest BCUT2D eigenvalue weighted by molar-refractivity contribution is 6.39. The van der Waals surface area contributed by atoms with Crippen molar-refractivity contribution in [2.24, 2.45) is 0 Å². The number of aromatic carboxylic acids is 1. The van der Waals surface area contributed by atoms with E-state index >= 15 is 0 Å². The predicted molar refractivity (Wildman–Crippen MR) is 85.4 cm³/mol. The number of hydrogen-bond acceptors (Lipinski definition) is 3. The van der Waals surface area contributed by atoms with Crippen LogP contribution < -0.4 is 10.6 Å². The molecule has 1 aliphatic carbocycles. The van der Waals surface area contributed by atoms with Gasteiger partial charge in [-0.2, -0.15) is 0 Å². The highest BCUT2D eigenvalue weighted by Crippen LogP contribution is 2.13. The van der Waals surface area contributed by atoms with Gasteiger partial charge in [-0.25, -0.2) is 4.79 Å². The first-order valence-corrected chi connectivity index (χ1v) is 7.09. The van der Waals surface area contributed by atoms with Crippen molar-refractivity contribution >= 4 is 35.1 Å². The van der Waals surface area contributed by atoms with Gasteiger partial charge in [0.2, 0.25) is 0 Å². The van der Waals surface area contributed by atoms with Crippen LogP contribution in [0.1, 0.15) is 10.4 Å². The number of anilines is 1. The molecule has 0 saturated carbocycles. The first kappa shape index (κ1) is 16.5. The van der Waals surface area contributed by atoms with Crippen LogP contribution in [-0.4, -0.2) is 34.8 Å². The van der Waals surface area contributed by atoms with Crippen molar-refractivity contribution in [3.8, 4) is 0 Å². The van der Waals surface area contributed by atoms with Crippen LogP contribution in [0.25, 0.3) is 0 Å². The number of alkyl halides is 1. The number of carboxylic acids is 1. The minimum atomic E-state index is -1.07. The van der Waals surface area contributed by atoms with Crippen molar-refractivity contribution in [3.63, 3.8) is 0 Å². The second-order valence-corrected chi connectivity index (χ2v) is 5.13. The minimum Gasteiger partial charge on any atom is -0.478 e. The SMILES string of the molecule is O=C(NCC1=CC=C=CC1Cl)C(=O)Nc1ccc(C(=O)O)cc1. The van der Waals surface area contributed by atoms with Gasteiger partial charge in [-0.1, -0.05) is 6.08 Å². The van der Waals surface area contributed by atoms with Gasteiger partial charge in [0.15, 0.2) is 0 Å². The third kappa shape index (κ3) is 4.57. The summed E-state index contributed by atoms with van der Waals surface area (Å²) in [6.45, 7) is 0.146. The van der Waals surface area contributed by atoms with Gasteiger partial charge in [0, 0.05) is 12.2 Å². The Labute approximate surface area is 137 Å². The summed E-state index contributed by atoms with van der Waals surface area (Å²) in [6, 6.07) is 5.48. The summed E-state index contributed by atoms with van der Waals surface area (Å²) in [6.07, 6.45) is 5.04. The summed E-state index contributed by atoms with van der Waals surface area (Å²) in [5.74, 6) is -2.72. The molecule has 6 nitrogen and oxygen atoms in total. The monoisotopic (exact) mass is 332 g/mol. The number of hydrogen-bond donors (Lipinski definition) is 3. The largest absolute Gasteiger partial charge is 0.478 e. The zero-order valence-corrected chi connectivity index (χ0v) is 12.6. The summed E-state index contributed by atoms with van der Waals surface area (Å²) >= 11 is 6.01. The maximum Gasteiger partial charge on any atom is 0.335 e. The van der Waals surface area contributed by atoms with E-state index in [0.717, 1.165) is 5.57 Å². The summed E-state index contributed by atoms with van der Waals surface area (Å²) in [5.41, 5.74) is 3.99. The first-order valence-electron chi connectivity index (χ1n) is 6.65. The van der Waals surface area contributed by atoms with E-state index < -0.39 is 17.8 Å². The van der Waals surface area contributed by atoms with Crippen LogP contribution in [0.3, 0.4) is 0 Å². The van der Waals surface area contributed by atoms with E-state index in [2.05, 4.69) is 16.4 Å². The Kier molecular flexibility index (Phi) is 5.36. The lowest BCUT2D eigenvalue weighted by Gasteiger charge is -2.12. The number of allylic oxidation sites excluding steroid dienone is 2. The normalized spacial score (nSPS) is 15.7. The second kappa shape index (κ2) is 7.45. The molecule has 0 heterocycles. The van der Waals surface area contributed by atoms with Crippen LogP contribution in [0.15, 0.2) is 53.8 Å². The van der Waals surface area contributed by atoms with Crippen molar-refractivity contribution in [1.82, 2.24) is 5.32 Å². The van der Waals surface area contributed by atoms with Gasteiger partial charge in [-0.3, -0.25) is 9.59 Å². The van der Waals surface area contributed by atoms with Gasteiger partial charge in [0.05, 0.1) is 10.9 Å². The predicted octanol–water partition coefficient (Wildman–Crippen LogP) is 1.70. The number of carbonyl (C=O) groups is 3. The molecule has 0 aromatic heterocycles. The van der Waals surface area contributed by atoms with Crippen molar-refractivity contribution in [1.29, 1.82) is 0 Å². The zero-order chi connectivity index (χ0) is 16.8. The number of halogens is 1. The smallest absolute Gasteiger partial charge is 0.335 e. The molecule has 1 aromatic rings. The molecule has 23 heavy (non-hydrogen) atoms. The number of amides is 2. The van der Waals surface area contributed by atoms with Crippen molar-refractivity contribution in [2.75, 3.05) is 11.9 Å². The second-order valence-electron chi connectivity index (χ2n) is 4.66. The molecule has 0 saturated heterocycles. The molecule has 0 bridgehead atoms. The number of carbonyl (C=O) groups excluding carboxylic acids is 2. The molecule has 1 aromatic carbocycles. The van der Waals surface area contributed by atoms with Crippen LogP contribution in [-0.2, 0) is 9.59 Å². The van der Waals surface area contributed by atoms with Crippen molar-refractivity contribution in [2.45, 2.75) is 5.38 Å². The van der Waals surface area contributed by atoms with E-state index in [1.54, 1.807) is 18.2 Å². The maximum atomic E-state index is 11.8. The van der Waals surface area contributed by atoms with Crippen LogP contribution in [0.2, 0.25) is 0 Å². The molecule has 0 radical (unpaired) electrons. The van der Waals surface area contributed by atoms with Gasteiger partial charge in [0.1, 0.15) is 0 Å². The van der Waals surface area contributed by atoms with Crippen LogP contribution >= 0.6 is 11.6 Å². The number of rotatable bonds is 4. The molecule has 2 rings (SSSR count). The third-order valence-electron chi connectivity index (χ3n) is 3.04. The fraction of sp³-hybridized carbons (Fsp3) is 0.125. The first-order chi connectivity index (χ1) is 11.0. The molecular formula is C16H13ClN2O4. The Morgan fingerprint density at radius 3 is 2.48 bits per heavy atom. The van der Waals surface area contributed by atoms with Crippen molar-refractivity contribution < 1.29 is 19.5 Å². The van der Waals surface area contributed by atoms with Crippen LogP contribution in [0, 0.1) is 0 Å². The molecule has 1 aliphatic rings. The highest BCUT2D eigenvalue weighted by Gasteiger charge is 2.16. The molecular weight excluding hydrogens is 320 g/mol. The van der Waals surface area contributed by atoms with E-state index in [1.165, 1.54) is 24.3 Å². The fourth-order valence-electron chi connectivity index (χ4n) is 1.80. The average Bonchev–Trinajstić information content (AvgIpc) is 2.54. The van der Waals surface area contributed by atoms with Gasteiger partial charge in [0.25, 0.3) is 0 Å². The highest BCUT2D eigenvalue weighted by atomic mass is 35.5. The fourth-order valence-corrected chi connectivity index (χ4v) is 2.02.